The number of aromatic nitrogens is 1. The van der Waals surface area contributed by atoms with Crippen LogP contribution in [0.15, 0.2) is 6.20 Å². The molecule has 1 aromatic rings. The smallest absolute Gasteiger partial charge is 0.112 e. The van der Waals surface area contributed by atoms with Crippen molar-refractivity contribution in [1.29, 1.82) is 0 Å². The molecule has 1 N–H and O–H groups in total. The van der Waals surface area contributed by atoms with Crippen molar-refractivity contribution in [3.05, 3.63) is 22.5 Å². The Morgan fingerprint density at radius 3 is 3.08 bits per heavy atom. The van der Waals surface area contributed by atoms with Gasteiger partial charge in [0.1, 0.15) is 5.15 Å². The Morgan fingerprint density at radius 1 is 1.67 bits per heavy atom. The maximum Gasteiger partial charge on any atom is 0.112 e. The van der Waals surface area contributed by atoms with Crippen molar-refractivity contribution in [2.75, 3.05) is 7.05 Å². The minimum atomic E-state index is 0.513. The molecule has 0 spiro atoms. The van der Waals surface area contributed by atoms with E-state index in [1.807, 2.05) is 18.7 Å². The molecule has 3 heteroatoms. The lowest BCUT2D eigenvalue weighted by atomic mass is 10.2. The van der Waals surface area contributed by atoms with E-state index in [-0.39, 0.29) is 0 Å². The van der Waals surface area contributed by atoms with Crippen LogP contribution in [0.4, 0.5) is 0 Å². The van der Waals surface area contributed by atoms with Gasteiger partial charge in [-0.25, -0.2) is 0 Å². The number of halogens is 1. The fraction of sp³-hybridized carbons (Fsp3) is 0.556. The lowest BCUT2D eigenvalue weighted by Crippen LogP contribution is -2.12. The molecule has 0 radical (unpaired) electrons. The molecule has 0 saturated carbocycles. The second-order valence-electron chi connectivity index (χ2n) is 3.34. The zero-order chi connectivity index (χ0) is 8.72. The topological polar surface area (TPSA) is 17.0 Å². The van der Waals surface area contributed by atoms with Gasteiger partial charge in [0.25, 0.3) is 0 Å². The van der Waals surface area contributed by atoms with Crippen LogP contribution in [0.3, 0.4) is 0 Å². The van der Waals surface area contributed by atoms with Crippen LogP contribution in [0.2, 0.25) is 5.15 Å². The summed E-state index contributed by atoms with van der Waals surface area (Å²) in [5.41, 5.74) is 2.71. The van der Waals surface area contributed by atoms with Crippen LogP contribution in [0.25, 0.3) is 0 Å². The Morgan fingerprint density at radius 2 is 2.42 bits per heavy atom. The molecule has 1 aliphatic carbocycles. The molecule has 0 saturated heterocycles. The summed E-state index contributed by atoms with van der Waals surface area (Å²) >= 11 is 6.11. The molecular weight excluding hydrogens is 172 g/mol. The van der Waals surface area contributed by atoms with E-state index in [4.69, 9.17) is 11.6 Å². The monoisotopic (exact) mass is 184 g/mol. The van der Waals surface area contributed by atoms with Crippen molar-refractivity contribution >= 4 is 11.6 Å². The van der Waals surface area contributed by atoms with Crippen LogP contribution < -0.4 is 5.32 Å². The highest BCUT2D eigenvalue weighted by Crippen LogP contribution is 2.36. The maximum atomic E-state index is 6.11. The normalized spacial score (nSPS) is 21.4. The summed E-state index contributed by atoms with van der Waals surface area (Å²) in [7, 11) is 3.99. The lowest BCUT2D eigenvalue weighted by Gasteiger charge is -2.06. The molecule has 1 heterocycles. The molecular formula is C9H13ClN2. The van der Waals surface area contributed by atoms with Crippen molar-refractivity contribution in [1.82, 2.24) is 9.88 Å². The highest BCUT2D eigenvalue weighted by atomic mass is 35.5. The van der Waals surface area contributed by atoms with Crippen molar-refractivity contribution < 1.29 is 0 Å². The lowest BCUT2D eigenvalue weighted by molar-refractivity contribution is 0.585. The Labute approximate surface area is 77.5 Å². The minimum absolute atomic E-state index is 0.513. The van der Waals surface area contributed by atoms with Crippen molar-refractivity contribution in [2.24, 2.45) is 7.05 Å². The third-order valence-corrected chi connectivity index (χ3v) is 3.14. The predicted octanol–water partition coefficient (Wildman–Crippen LogP) is 1.89. The molecule has 2 nitrogen and oxygen atoms in total. The van der Waals surface area contributed by atoms with Crippen LogP contribution in [0.5, 0.6) is 0 Å². The van der Waals surface area contributed by atoms with Gasteiger partial charge in [0.05, 0.1) is 0 Å². The summed E-state index contributed by atoms with van der Waals surface area (Å²) in [6.07, 6.45) is 4.42. The average molecular weight is 185 g/mol. The largest absolute Gasteiger partial charge is 0.341 e. The molecule has 12 heavy (non-hydrogen) atoms. The van der Waals surface area contributed by atoms with Gasteiger partial charge in [-0.2, -0.15) is 0 Å². The second-order valence-corrected chi connectivity index (χ2v) is 3.70. The van der Waals surface area contributed by atoms with E-state index in [2.05, 4.69) is 11.5 Å². The van der Waals surface area contributed by atoms with Crippen LogP contribution >= 0.6 is 11.6 Å². The van der Waals surface area contributed by atoms with Crippen molar-refractivity contribution in [3.8, 4) is 0 Å². The zero-order valence-electron chi connectivity index (χ0n) is 7.39. The number of nitrogens with one attached hydrogen (secondary N) is 1. The SMILES string of the molecule is CNC1CCc2c1cn(C)c2Cl. The van der Waals surface area contributed by atoms with E-state index in [0.717, 1.165) is 11.6 Å². The number of nitrogens with zero attached hydrogens (tertiary/aromatic N) is 1. The zero-order valence-corrected chi connectivity index (χ0v) is 8.15. The number of hydrogen-bond donors (Lipinski definition) is 1. The van der Waals surface area contributed by atoms with E-state index in [0.29, 0.717) is 6.04 Å². The van der Waals surface area contributed by atoms with Crippen LogP contribution in [-0.2, 0) is 13.5 Å². The predicted molar refractivity (Wildman–Crippen MR) is 50.5 cm³/mol. The van der Waals surface area contributed by atoms with Gasteiger partial charge >= 0.3 is 0 Å². The van der Waals surface area contributed by atoms with Crippen LogP contribution in [-0.4, -0.2) is 11.6 Å². The first-order chi connectivity index (χ1) is 5.74. The molecule has 0 bridgehead atoms. The molecule has 1 atom stereocenters. The van der Waals surface area contributed by atoms with Gasteiger partial charge in [-0.3, -0.25) is 0 Å². The summed E-state index contributed by atoms with van der Waals surface area (Å²) in [5.74, 6) is 0. The first kappa shape index (κ1) is 8.14. The molecule has 1 aromatic heterocycles. The fourth-order valence-electron chi connectivity index (χ4n) is 1.97. The minimum Gasteiger partial charge on any atom is -0.341 e. The molecule has 0 aliphatic heterocycles. The van der Waals surface area contributed by atoms with Gasteiger partial charge in [0.2, 0.25) is 0 Å². The Bertz CT molecular complexity index is 304. The van der Waals surface area contributed by atoms with Crippen molar-refractivity contribution in [2.45, 2.75) is 18.9 Å². The highest BCUT2D eigenvalue weighted by molar-refractivity contribution is 6.30. The Kier molecular flexibility index (Phi) is 1.89. The van der Waals surface area contributed by atoms with Crippen LogP contribution in [0, 0.1) is 0 Å². The number of rotatable bonds is 1. The molecule has 1 aliphatic rings. The van der Waals surface area contributed by atoms with Gasteiger partial charge < -0.3 is 9.88 Å². The summed E-state index contributed by atoms with van der Waals surface area (Å²) < 4.78 is 2.00. The highest BCUT2D eigenvalue weighted by Gasteiger charge is 2.25. The van der Waals surface area contributed by atoms with E-state index in [9.17, 15) is 0 Å². The van der Waals surface area contributed by atoms with Gasteiger partial charge in [-0.15, -0.1) is 0 Å². The van der Waals surface area contributed by atoms with Gasteiger partial charge in [-0.05, 0) is 31.0 Å². The Balaban J connectivity index is 2.46. The summed E-state index contributed by atoms with van der Waals surface area (Å²) in [6, 6.07) is 0.513. The quantitative estimate of drug-likeness (QED) is 0.706. The molecule has 1 unspecified atom stereocenters. The third-order valence-electron chi connectivity index (χ3n) is 2.65. The van der Waals surface area contributed by atoms with E-state index in [1.54, 1.807) is 0 Å². The molecule has 66 valence electrons. The summed E-state index contributed by atoms with van der Waals surface area (Å²) in [4.78, 5) is 0. The van der Waals surface area contributed by atoms with Crippen molar-refractivity contribution in [3.63, 3.8) is 0 Å². The standard InChI is InChI=1S/C9H13ClN2/c1-11-8-4-3-6-7(8)5-12(2)9(6)10/h5,8,11H,3-4H2,1-2H3. The van der Waals surface area contributed by atoms with Crippen LogP contribution in [0.1, 0.15) is 23.6 Å². The summed E-state index contributed by atoms with van der Waals surface area (Å²) in [5, 5.41) is 4.19. The number of aryl methyl sites for hydroxylation is 1. The third kappa shape index (κ3) is 0.985. The maximum absolute atomic E-state index is 6.11. The molecule has 2 rings (SSSR count). The second kappa shape index (κ2) is 2.79. The first-order valence-electron chi connectivity index (χ1n) is 4.25. The van der Waals surface area contributed by atoms with Gasteiger partial charge in [0.15, 0.2) is 0 Å². The van der Waals surface area contributed by atoms with Gasteiger partial charge in [0, 0.05) is 19.3 Å². The first-order valence-corrected chi connectivity index (χ1v) is 4.62. The fourth-order valence-corrected chi connectivity index (χ4v) is 2.22. The number of fused-ring (bicyclic) bond motifs is 1. The van der Waals surface area contributed by atoms with E-state index < -0.39 is 0 Å². The summed E-state index contributed by atoms with van der Waals surface area (Å²) in [6.45, 7) is 0. The molecule has 0 aromatic carbocycles. The molecule has 0 amide bonds. The average Bonchev–Trinajstić information content (AvgIpc) is 2.55. The Hall–Kier alpha value is -0.470. The van der Waals surface area contributed by atoms with Gasteiger partial charge in [-0.1, -0.05) is 11.6 Å². The number of hydrogen-bond acceptors (Lipinski definition) is 1. The van der Waals surface area contributed by atoms with E-state index in [1.165, 1.54) is 17.5 Å². The molecule has 0 fully saturated rings. The van der Waals surface area contributed by atoms with E-state index >= 15 is 0 Å².